The average molecular weight is 498 g/mol. The summed E-state index contributed by atoms with van der Waals surface area (Å²) in [6, 6.07) is 22.1. The van der Waals surface area contributed by atoms with Gasteiger partial charge in [0.15, 0.2) is 0 Å². The highest BCUT2D eigenvalue weighted by molar-refractivity contribution is 7.92. The fraction of sp³-hybridized carbons (Fsp3) is 0.269. The average Bonchev–Trinajstić information content (AvgIpc) is 2.79. The number of hydrogen-bond donors (Lipinski definition) is 5. The topological polar surface area (TPSA) is 128 Å². The number of hydrogen-bond acceptors (Lipinski definition) is 6. The van der Waals surface area contributed by atoms with Crippen LogP contribution in [0.15, 0.2) is 72.8 Å². The van der Waals surface area contributed by atoms with Crippen LogP contribution in [0.5, 0.6) is 5.75 Å². The van der Waals surface area contributed by atoms with Crippen LogP contribution < -0.4 is 15.4 Å². The lowest BCUT2D eigenvalue weighted by atomic mass is 9.98. The normalized spacial score (nSPS) is 13.1. The van der Waals surface area contributed by atoms with Gasteiger partial charge in [-0.1, -0.05) is 48.5 Å². The first-order valence-electron chi connectivity index (χ1n) is 11.2. The second-order valence-electron chi connectivity index (χ2n) is 8.54. The highest BCUT2D eigenvalue weighted by atomic mass is 32.2. The first-order chi connectivity index (χ1) is 16.6. The number of phenols is 1. The van der Waals surface area contributed by atoms with Gasteiger partial charge >= 0.3 is 0 Å². The van der Waals surface area contributed by atoms with Crippen molar-refractivity contribution in [2.75, 3.05) is 22.8 Å². The summed E-state index contributed by atoms with van der Waals surface area (Å²) in [6.45, 7) is 1.75. The van der Waals surface area contributed by atoms with E-state index in [9.17, 15) is 23.4 Å². The predicted molar refractivity (Wildman–Crippen MR) is 138 cm³/mol. The first-order valence-corrected chi connectivity index (χ1v) is 13.1. The monoisotopic (exact) mass is 497 g/mol. The van der Waals surface area contributed by atoms with E-state index in [4.69, 9.17) is 0 Å². The van der Waals surface area contributed by atoms with Crippen molar-refractivity contribution in [2.45, 2.75) is 31.9 Å². The summed E-state index contributed by atoms with van der Waals surface area (Å²) in [5.41, 5.74) is 3.62. The Morgan fingerprint density at radius 1 is 0.943 bits per heavy atom. The van der Waals surface area contributed by atoms with Gasteiger partial charge in [0.1, 0.15) is 5.75 Å². The molecular formula is C26H31N3O5S. The van der Waals surface area contributed by atoms with E-state index in [1.807, 2.05) is 54.6 Å². The third-order valence-corrected chi connectivity index (χ3v) is 5.93. The molecule has 0 saturated heterocycles. The molecule has 5 N–H and O–H groups in total. The lowest BCUT2D eigenvalue weighted by molar-refractivity contribution is -0.114. The Kier molecular flexibility index (Phi) is 8.86. The van der Waals surface area contributed by atoms with Crippen molar-refractivity contribution < 1.29 is 23.4 Å². The number of anilines is 2. The smallest absolute Gasteiger partial charge is 0.229 e. The first kappa shape index (κ1) is 26.2. The van der Waals surface area contributed by atoms with Crippen LogP contribution in [0.1, 0.15) is 29.7 Å². The predicted octanol–water partition coefficient (Wildman–Crippen LogP) is 3.20. The van der Waals surface area contributed by atoms with Crippen LogP contribution >= 0.6 is 0 Å². The molecule has 0 radical (unpaired) electrons. The highest BCUT2D eigenvalue weighted by Gasteiger charge is 2.16. The molecule has 3 aromatic carbocycles. The zero-order valence-corrected chi connectivity index (χ0v) is 20.5. The summed E-state index contributed by atoms with van der Waals surface area (Å²) in [7, 11) is -3.54. The highest BCUT2D eigenvalue weighted by Crippen LogP contribution is 2.26. The number of carbonyl (C=O) groups is 1. The molecule has 0 saturated carbocycles. The molecule has 2 atom stereocenters. The van der Waals surface area contributed by atoms with Crippen molar-refractivity contribution >= 4 is 27.3 Å². The number of sulfonamides is 1. The molecule has 9 heteroatoms. The van der Waals surface area contributed by atoms with E-state index in [0.717, 1.165) is 17.4 Å². The molecule has 0 bridgehead atoms. The number of benzene rings is 3. The molecule has 3 rings (SSSR count). The number of nitrogens with one attached hydrogen (secondary N) is 3. The maximum Gasteiger partial charge on any atom is 0.229 e. The van der Waals surface area contributed by atoms with Crippen LogP contribution in [0.4, 0.5) is 11.4 Å². The minimum atomic E-state index is -3.54. The molecule has 0 unspecified atom stereocenters. The Labute approximate surface area is 206 Å². The van der Waals surface area contributed by atoms with Crippen molar-refractivity contribution in [1.82, 2.24) is 5.32 Å². The van der Waals surface area contributed by atoms with Crippen molar-refractivity contribution in [1.29, 1.82) is 0 Å². The Balaban J connectivity index is 1.69. The van der Waals surface area contributed by atoms with E-state index in [0.29, 0.717) is 24.2 Å². The summed E-state index contributed by atoms with van der Waals surface area (Å²) in [5.74, 6) is -0.318. The van der Waals surface area contributed by atoms with Crippen molar-refractivity contribution in [3.05, 3.63) is 89.5 Å². The van der Waals surface area contributed by atoms with Gasteiger partial charge in [-0.3, -0.25) is 9.52 Å². The van der Waals surface area contributed by atoms with Gasteiger partial charge in [-0.05, 0) is 53.8 Å². The lowest BCUT2D eigenvalue weighted by Crippen LogP contribution is -2.32. The molecule has 0 aliphatic rings. The molecule has 0 fully saturated rings. The second kappa shape index (κ2) is 11.8. The van der Waals surface area contributed by atoms with E-state index >= 15 is 0 Å². The van der Waals surface area contributed by atoms with Gasteiger partial charge < -0.3 is 20.8 Å². The molecule has 0 aliphatic carbocycles. The lowest BCUT2D eigenvalue weighted by Gasteiger charge is -2.22. The van der Waals surface area contributed by atoms with E-state index in [-0.39, 0.29) is 29.8 Å². The molecule has 1 amide bonds. The van der Waals surface area contributed by atoms with Crippen molar-refractivity contribution in [3.63, 3.8) is 0 Å². The van der Waals surface area contributed by atoms with Gasteiger partial charge in [-0.15, -0.1) is 0 Å². The van der Waals surface area contributed by atoms with E-state index < -0.39 is 16.1 Å². The third-order valence-electron chi connectivity index (χ3n) is 5.34. The Morgan fingerprint density at radius 2 is 1.63 bits per heavy atom. The Morgan fingerprint density at radius 3 is 2.26 bits per heavy atom. The van der Waals surface area contributed by atoms with Gasteiger partial charge in [0.05, 0.1) is 18.0 Å². The number of amides is 1. The van der Waals surface area contributed by atoms with Crippen LogP contribution in [-0.2, 0) is 27.7 Å². The summed E-state index contributed by atoms with van der Waals surface area (Å²) < 4.78 is 25.3. The quantitative estimate of drug-likeness (QED) is 0.259. The van der Waals surface area contributed by atoms with Crippen molar-refractivity contribution in [2.24, 2.45) is 0 Å². The summed E-state index contributed by atoms with van der Waals surface area (Å²) in [6.07, 6.45) is 1.23. The van der Waals surface area contributed by atoms with Crippen LogP contribution in [0.3, 0.4) is 0 Å². The number of aromatic hydroxyl groups is 1. The van der Waals surface area contributed by atoms with Crippen LogP contribution in [0.2, 0.25) is 0 Å². The van der Waals surface area contributed by atoms with Crippen molar-refractivity contribution in [3.8, 4) is 5.75 Å². The standard InChI is InChI=1S/C26H31N3O5S/c1-18(30)28-22-11-9-21(10-12-22)24(15-19-6-4-3-5-7-19)27-17-23(31)14-20-8-13-26(32)25(16-20)29-35(2,33)34/h3-13,16,23-24,27,29,31-32H,14-15,17H2,1-2H3,(H,28,30)/t23-,24+/m0/s1. The summed E-state index contributed by atoms with van der Waals surface area (Å²) >= 11 is 0. The number of rotatable bonds is 11. The SMILES string of the molecule is CC(=O)Nc1ccc([C@@H](Cc2ccccc2)NC[C@@H](O)Cc2ccc(O)c(NS(C)(=O)=O)c2)cc1. The largest absolute Gasteiger partial charge is 0.506 e. The van der Waals surface area contributed by atoms with E-state index in [2.05, 4.69) is 15.4 Å². The van der Waals surface area contributed by atoms with Crippen LogP contribution in [0.25, 0.3) is 0 Å². The summed E-state index contributed by atoms with van der Waals surface area (Å²) in [4.78, 5) is 11.3. The zero-order chi connectivity index (χ0) is 25.4. The molecular weight excluding hydrogens is 466 g/mol. The molecule has 0 spiro atoms. The molecule has 35 heavy (non-hydrogen) atoms. The Bertz CT molecular complexity index is 1230. The number of phenolic OH excluding ortho intramolecular Hbond substituents is 1. The number of carbonyl (C=O) groups excluding carboxylic acids is 1. The van der Waals surface area contributed by atoms with Gasteiger partial charge in [0.2, 0.25) is 15.9 Å². The molecule has 186 valence electrons. The molecule has 0 heterocycles. The van der Waals surface area contributed by atoms with Crippen LogP contribution in [-0.4, -0.2) is 43.4 Å². The number of aliphatic hydroxyl groups is 1. The molecule has 0 aromatic heterocycles. The van der Waals surface area contributed by atoms with Gasteiger partial charge in [0, 0.05) is 25.2 Å². The van der Waals surface area contributed by atoms with Gasteiger partial charge in [-0.25, -0.2) is 8.42 Å². The van der Waals surface area contributed by atoms with Gasteiger partial charge in [0.25, 0.3) is 0 Å². The van der Waals surface area contributed by atoms with Crippen LogP contribution in [0, 0.1) is 0 Å². The minimum absolute atomic E-state index is 0.0753. The maximum absolute atomic E-state index is 11.5. The molecule has 0 aliphatic heterocycles. The number of aliphatic hydroxyl groups excluding tert-OH is 1. The van der Waals surface area contributed by atoms with Gasteiger partial charge in [-0.2, -0.15) is 0 Å². The van der Waals surface area contributed by atoms with E-state index in [1.165, 1.54) is 19.1 Å². The molecule has 8 nitrogen and oxygen atoms in total. The zero-order valence-electron chi connectivity index (χ0n) is 19.7. The minimum Gasteiger partial charge on any atom is -0.506 e. The third kappa shape index (κ3) is 8.71. The van der Waals surface area contributed by atoms with E-state index in [1.54, 1.807) is 6.07 Å². The fourth-order valence-corrected chi connectivity index (χ4v) is 4.34. The Hall–Kier alpha value is -3.40. The maximum atomic E-state index is 11.5. The second-order valence-corrected chi connectivity index (χ2v) is 10.3. The fourth-order valence-electron chi connectivity index (χ4n) is 3.77. The summed E-state index contributed by atoms with van der Waals surface area (Å²) in [5, 5.41) is 26.8. The molecule has 3 aromatic rings.